The van der Waals surface area contributed by atoms with E-state index in [9.17, 15) is 19.5 Å². The highest BCUT2D eigenvalue weighted by Crippen LogP contribution is 2.24. The van der Waals surface area contributed by atoms with Crippen LogP contribution in [0.5, 0.6) is 5.75 Å². The molecule has 0 aliphatic carbocycles. The molecule has 0 aromatic heterocycles. The quantitative estimate of drug-likeness (QED) is 0.244. The molecule has 1 aromatic carbocycles. The van der Waals surface area contributed by atoms with Crippen molar-refractivity contribution in [3.63, 3.8) is 0 Å². The van der Waals surface area contributed by atoms with E-state index in [0.29, 0.717) is 23.7 Å². The normalized spacial score (nSPS) is 13.9. The number of benzene rings is 1. The summed E-state index contributed by atoms with van der Waals surface area (Å²) >= 11 is 0. The minimum absolute atomic E-state index is 0.00348. The lowest BCUT2D eigenvalue weighted by atomic mass is 9.93. The van der Waals surface area contributed by atoms with Crippen molar-refractivity contribution in [1.29, 1.82) is 0 Å². The Morgan fingerprint density at radius 2 is 1.75 bits per heavy atom. The summed E-state index contributed by atoms with van der Waals surface area (Å²) in [6.07, 6.45) is 5.26. The molecule has 0 heterocycles. The first-order chi connectivity index (χ1) is 15.0. The van der Waals surface area contributed by atoms with Crippen LogP contribution in [0.2, 0.25) is 0 Å². The molecule has 7 nitrogen and oxygen atoms in total. The van der Waals surface area contributed by atoms with Crippen LogP contribution in [0.15, 0.2) is 35.9 Å². The zero-order chi connectivity index (χ0) is 24.3. The molecule has 0 aliphatic rings. The standard InChI is InChI=1S/C25H36O7/c1-6-8-9-18(7-2)15-21(16-31-24(29)17(3)14-22(26)27)32-20-12-10-19(11-13-20)23(28)25(4,5)30/h10-14,18,21,30H,6-9,15-16H2,1-5H3,(H,26,27)/b17-14-. The summed E-state index contributed by atoms with van der Waals surface area (Å²) in [5.74, 6) is -1.39. The number of Topliss-reactive ketones (excluding diaryl/α,β-unsaturated/α-hetero) is 1. The van der Waals surface area contributed by atoms with Gasteiger partial charge in [-0.15, -0.1) is 0 Å². The van der Waals surface area contributed by atoms with Crippen molar-refractivity contribution in [3.05, 3.63) is 41.5 Å². The second-order valence-electron chi connectivity index (χ2n) is 8.57. The molecular weight excluding hydrogens is 412 g/mol. The van der Waals surface area contributed by atoms with Crippen molar-refractivity contribution in [2.75, 3.05) is 6.61 Å². The van der Waals surface area contributed by atoms with E-state index in [2.05, 4.69) is 13.8 Å². The molecule has 0 saturated carbocycles. The van der Waals surface area contributed by atoms with Crippen LogP contribution in [-0.2, 0) is 14.3 Å². The number of hydrogen-bond acceptors (Lipinski definition) is 6. The number of aliphatic carboxylic acids is 1. The maximum Gasteiger partial charge on any atom is 0.334 e. The number of esters is 1. The van der Waals surface area contributed by atoms with E-state index in [1.807, 2.05) is 0 Å². The van der Waals surface area contributed by atoms with Gasteiger partial charge in [-0.2, -0.15) is 0 Å². The largest absolute Gasteiger partial charge is 0.487 e. The number of rotatable bonds is 14. The van der Waals surface area contributed by atoms with Crippen molar-refractivity contribution in [2.24, 2.45) is 5.92 Å². The topological polar surface area (TPSA) is 110 Å². The van der Waals surface area contributed by atoms with E-state index < -0.39 is 23.6 Å². The Balaban J connectivity index is 2.93. The number of ketones is 1. The summed E-state index contributed by atoms with van der Waals surface area (Å²) in [5.41, 5.74) is -1.09. The molecule has 0 saturated heterocycles. The van der Waals surface area contributed by atoms with Crippen molar-refractivity contribution < 1.29 is 34.1 Å². The van der Waals surface area contributed by atoms with Gasteiger partial charge >= 0.3 is 11.9 Å². The maximum atomic E-state index is 12.2. The first kappa shape index (κ1) is 27.4. The Hall–Kier alpha value is -2.67. The Kier molecular flexibility index (Phi) is 11.1. The van der Waals surface area contributed by atoms with Gasteiger partial charge in [0.2, 0.25) is 0 Å². The maximum absolute atomic E-state index is 12.2. The van der Waals surface area contributed by atoms with Gasteiger partial charge in [-0.25, -0.2) is 9.59 Å². The molecule has 0 bridgehead atoms. The van der Waals surface area contributed by atoms with E-state index in [0.717, 1.165) is 31.8 Å². The first-order valence-electron chi connectivity index (χ1n) is 11.1. The molecule has 0 amide bonds. The molecule has 32 heavy (non-hydrogen) atoms. The van der Waals surface area contributed by atoms with Crippen LogP contribution in [0.1, 0.15) is 77.1 Å². The molecule has 2 N–H and O–H groups in total. The third-order valence-corrected chi connectivity index (χ3v) is 5.18. The molecule has 0 spiro atoms. The number of carbonyl (C=O) groups excluding carboxylic acids is 2. The van der Waals surface area contributed by atoms with Crippen molar-refractivity contribution in [1.82, 2.24) is 0 Å². The van der Waals surface area contributed by atoms with E-state index in [1.54, 1.807) is 24.3 Å². The van der Waals surface area contributed by atoms with Gasteiger partial charge in [-0.3, -0.25) is 4.79 Å². The number of carboxylic acids is 1. The highest BCUT2D eigenvalue weighted by atomic mass is 16.6. The van der Waals surface area contributed by atoms with Crippen LogP contribution in [-0.4, -0.2) is 46.2 Å². The Morgan fingerprint density at radius 1 is 1.12 bits per heavy atom. The third kappa shape index (κ3) is 9.64. The van der Waals surface area contributed by atoms with Gasteiger partial charge in [-0.05, 0) is 57.4 Å². The van der Waals surface area contributed by atoms with Gasteiger partial charge in [0, 0.05) is 17.2 Å². The molecule has 0 radical (unpaired) electrons. The molecule has 2 unspecified atom stereocenters. The summed E-state index contributed by atoms with van der Waals surface area (Å²) in [4.78, 5) is 35.1. The third-order valence-electron chi connectivity index (χ3n) is 5.18. The number of carbonyl (C=O) groups is 3. The average Bonchev–Trinajstić information content (AvgIpc) is 2.73. The first-order valence-corrected chi connectivity index (χ1v) is 11.1. The van der Waals surface area contributed by atoms with Gasteiger partial charge in [-0.1, -0.05) is 39.5 Å². The Labute approximate surface area is 190 Å². The van der Waals surface area contributed by atoms with E-state index in [-0.39, 0.29) is 18.0 Å². The van der Waals surface area contributed by atoms with Gasteiger partial charge in [0.25, 0.3) is 0 Å². The van der Waals surface area contributed by atoms with Gasteiger partial charge < -0.3 is 19.7 Å². The summed E-state index contributed by atoms with van der Waals surface area (Å²) in [7, 11) is 0. The van der Waals surface area contributed by atoms with E-state index in [1.165, 1.54) is 20.8 Å². The van der Waals surface area contributed by atoms with Gasteiger partial charge in [0.15, 0.2) is 5.78 Å². The second-order valence-corrected chi connectivity index (χ2v) is 8.57. The second kappa shape index (κ2) is 13.0. The molecule has 0 aliphatic heterocycles. The monoisotopic (exact) mass is 448 g/mol. The van der Waals surface area contributed by atoms with Gasteiger partial charge in [0.1, 0.15) is 24.1 Å². The summed E-state index contributed by atoms with van der Waals surface area (Å²) in [6.45, 7) is 8.49. The Bertz CT molecular complexity index is 788. The minimum atomic E-state index is -1.46. The van der Waals surface area contributed by atoms with Crippen molar-refractivity contribution >= 4 is 17.7 Å². The molecule has 178 valence electrons. The predicted octanol–water partition coefficient (Wildman–Crippen LogP) is 4.57. The van der Waals surface area contributed by atoms with E-state index >= 15 is 0 Å². The van der Waals surface area contributed by atoms with Crippen LogP contribution in [0.25, 0.3) is 0 Å². The highest BCUT2D eigenvalue weighted by molar-refractivity contribution is 6.01. The Morgan fingerprint density at radius 3 is 2.25 bits per heavy atom. The lowest BCUT2D eigenvalue weighted by Gasteiger charge is -2.24. The van der Waals surface area contributed by atoms with Crippen LogP contribution < -0.4 is 4.74 Å². The smallest absolute Gasteiger partial charge is 0.334 e. The molecular formula is C25H36O7. The van der Waals surface area contributed by atoms with Crippen LogP contribution in [0.3, 0.4) is 0 Å². The molecule has 1 rings (SSSR count). The summed E-state index contributed by atoms with van der Waals surface area (Å²) < 4.78 is 11.4. The van der Waals surface area contributed by atoms with E-state index in [4.69, 9.17) is 14.6 Å². The van der Waals surface area contributed by atoms with Crippen molar-refractivity contribution in [2.45, 2.75) is 78.4 Å². The molecule has 2 atom stereocenters. The molecule has 0 fully saturated rings. The number of carboxylic acid groups (broad SMARTS) is 1. The number of hydrogen-bond donors (Lipinski definition) is 2. The average molecular weight is 449 g/mol. The fourth-order valence-corrected chi connectivity index (χ4v) is 3.26. The van der Waals surface area contributed by atoms with Crippen LogP contribution in [0.4, 0.5) is 0 Å². The minimum Gasteiger partial charge on any atom is -0.487 e. The number of ether oxygens (including phenoxy) is 2. The summed E-state index contributed by atoms with van der Waals surface area (Å²) in [6, 6.07) is 6.48. The zero-order valence-corrected chi connectivity index (χ0v) is 19.7. The lowest BCUT2D eigenvalue weighted by molar-refractivity contribution is -0.142. The number of unbranched alkanes of at least 4 members (excludes halogenated alkanes) is 1. The van der Waals surface area contributed by atoms with Gasteiger partial charge in [0.05, 0.1) is 0 Å². The van der Waals surface area contributed by atoms with Crippen LogP contribution in [0, 0.1) is 5.92 Å². The fourth-order valence-electron chi connectivity index (χ4n) is 3.26. The molecule has 1 aromatic rings. The predicted molar refractivity (Wildman–Crippen MR) is 122 cm³/mol. The van der Waals surface area contributed by atoms with Crippen molar-refractivity contribution in [3.8, 4) is 5.75 Å². The SMILES string of the molecule is CCCCC(CC)CC(COC(=O)/C(C)=C\C(=O)O)Oc1ccc(C(=O)C(C)(C)O)cc1. The highest BCUT2D eigenvalue weighted by Gasteiger charge is 2.25. The lowest BCUT2D eigenvalue weighted by Crippen LogP contribution is -2.31. The summed E-state index contributed by atoms with van der Waals surface area (Å²) in [5, 5.41) is 18.7. The molecule has 7 heteroatoms. The fraction of sp³-hybridized carbons (Fsp3) is 0.560. The van der Waals surface area contributed by atoms with Crippen LogP contribution >= 0.6 is 0 Å². The zero-order valence-electron chi connectivity index (χ0n) is 19.7. The number of aliphatic hydroxyl groups is 1.